The lowest BCUT2D eigenvalue weighted by atomic mass is 10.3. The molecule has 6 heteroatoms. The number of rotatable bonds is 8. The molecule has 2 heterocycles. The van der Waals surface area contributed by atoms with Gasteiger partial charge in [0, 0.05) is 18.6 Å². The first-order valence-corrected chi connectivity index (χ1v) is 7.44. The smallest absolute Gasteiger partial charge is 0.331 e. The van der Waals surface area contributed by atoms with Crippen LogP contribution in [0.2, 0.25) is 0 Å². The first kappa shape index (κ1) is 17.3. The van der Waals surface area contributed by atoms with Gasteiger partial charge in [-0.15, -0.1) is 0 Å². The van der Waals surface area contributed by atoms with Gasteiger partial charge in [-0.05, 0) is 43.3 Å². The number of carbonyl (C=O) groups excluding carboxylic acids is 2. The summed E-state index contributed by atoms with van der Waals surface area (Å²) < 4.78 is 20.3. The van der Waals surface area contributed by atoms with Crippen LogP contribution in [0.4, 0.5) is 0 Å². The van der Waals surface area contributed by atoms with Gasteiger partial charge >= 0.3 is 11.9 Å². The summed E-state index contributed by atoms with van der Waals surface area (Å²) in [4.78, 5) is 23.1. The van der Waals surface area contributed by atoms with E-state index < -0.39 is 11.9 Å². The summed E-state index contributed by atoms with van der Waals surface area (Å²) in [5.74, 6) is 0.167. The molecule has 0 aromatic carbocycles. The van der Waals surface area contributed by atoms with Gasteiger partial charge in [0.1, 0.15) is 17.6 Å². The molecule has 0 saturated heterocycles. The Kier molecular flexibility index (Phi) is 6.64. The van der Waals surface area contributed by atoms with Gasteiger partial charge in [0.05, 0.1) is 19.1 Å². The first-order valence-electron chi connectivity index (χ1n) is 7.44. The van der Waals surface area contributed by atoms with Crippen LogP contribution in [0.1, 0.15) is 24.9 Å². The normalized spacial score (nSPS) is 12.5. The zero-order valence-corrected chi connectivity index (χ0v) is 13.2. The Bertz CT molecular complexity index is 679. The molecule has 0 radical (unpaired) electrons. The van der Waals surface area contributed by atoms with Crippen LogP contribution in [0.15, 0.2) is 57.8 Å². The molecule has 0 saturated carbocycles. The minimum Gasteiger partial charge on any atom is -0.465 e. The summed E-state index contributed by atoms with van der Waals surface area (Å²) in [6.45, 7) is 1.88. The van der Waals surface area contributed by atoms with Gasteiger partial charge in [0.25, 0.3) is 0 Å². The molecule has 126 valence electrons. The van der Waals surface area contributed by atoms with Gasteiger partial charge in [0.15, 0.2) is 0 Å². The molecular weight excluding hydrogens is 312 g/mol. The van der Waals surface area contributed by atoms with E-state index in [1.807, 2.05) is 0 Å². The van der Waals surface area contributed by atoms with Gasteiger partial charge in [-0.25, -0.2) is 9.59 Å². The molecule has 2 aromatic heterocycles. The Morgan fingerprint density at radius 2 is 1.62 bits per heavy atom. The quantitative estimate of drug-likeness (QED) is 0.545. The molecule has 0 aliphatic rings. The van der Waals surface area contributed by atoms with Gasteiger partial charge in [0.2, 0.25) is 0 Å². The SMILES string of the molecule is CC(CCOC(=O)C=Cc1ccco1)OC(=O)C=Cc1ccco1. The Morgan fingerprint density at radius 1 is 1.04 bits per heavy atom. The van der Waals surface area contributed by atoms with Crippen LogP contribution in [0, 0.1) is 0 Å². The molecule has 0 spiro atoms. The summed E-state index contributed by atoms with van der Waals surface area (Å²) in [7, 11) is 0. The number of hydrogen-bond donors (Lipinski definition) is 0. The zero-order chi connectivity index (χ0) is 17.2. The largest absolute Gasteiger partial charge is 0.465 e. The van der Waals surface area contributed by atoms with Gasteiger partial charge in [-0.1, -0.05) is 0 Å². The molecule has 0 bridgehead atoms. The topological polar surface area (TPSA) is 78.9 Å². The van der Waals surface area contributed by atoms with Crippen molar-refractivity contribution in [1.82, 2.24) is 0 Å². The predicted octanol–water partition coefficient (Wildman–Crippen LogP) is 3.46. The van der Waals surface area contributed by atoms with Crippen molar-refractivity contribution in [1.29, 1.82) is 0 Å². The van der Waals surface area contributed by atoms with E-state index in [0.29, 0.717) is 17.9 Å². The molecule has 0 amide bonds. The van der Waals surface area contributed by atoms with Gasteiger partial charge in [-0.2, -0.15) is 0 Å². The number of esters is 2. The van der Waals surface area contributed by atoms with Crippen molar-refractivity contribution >= 4 is 24.1 Å². The minimum absolute atomic E-state index is 0.150. The summed E-state index contributed by atoms with van der Waals surface area (Å²) in [6, 6.07) is 6.90. The Balaban J connectivity index is 1.63. The van der Waals surface area contributed by atoms with Crippen molar-refractivity contribution in [2.24, 2.45) is 0 Å². The van der Waals surface area contributed by atoms with E-state index in [2.05, 4.69) is 0 Å². The highest BCUT2D eigenvalue weighted by Gasteiger charge is 2.08. The van der Waals surface area contributed by atoms with Crippen molar-refractivity contribution in [3.05, 3.63) is 60.5 Å². The number of ether oxygens (including phenoxy) is 2. The van der Waals surface area contributed by atoms with Crippen molar-refractivity contribution in [3.8, 4) is 0 Å². The average molecular weight is 330 g/mol. The maximum absolute atomic E-state index is 11.6. The minimum atomic E-state index is -0.484. The van der Waals surface area contributed by atoms with Crippen LogP contribution in [0.25, 0.3) is 12.2 Å². The third-order valence-electron chi connectivity index (χ3n) is 2.94. The Labute approximate surface area is 139 Å². The molecule has 2 rings (SSSR count). The standard InChI is InChI=1S/C18H18O6/c1-14(24-18(20)9-7-16-5-3-12-22-16)10-13-23-17(19)8-6-15-4-2-11-21-15/h2-9,11-12,14H,10,13H2,1H3. The van der Waals surface area contributed by atoms with Gasteiger partial charge < -0.3 is 18.3 Å². The molecule has 2 aromatic rings. The van der Waals surface area contributed by atoms with E-state index in [9.17, 15) is 9.59 Å². The molecule has 1 atom stereocenters. The van der Waals surface area contributed by atoms with Crippen LogP contribution < -0.4 is 0 Å². The van der Waals surface area contributed by atoms with Crippen molar-refractivity contribution in [2.75, 3.05) is 6.61 Å². The second kappa shape index (κ2) is 9.19. The second-order valence-electron chi connectivity index (χ2n) is 4.90. The van der Waals surface area contributed by atoms with Crippen LogP contribution in [-0.4, -0.2) is 24.6 Å². The lowest BCUT2D eigenvalue weighted by Gasteiger charge is -2.11. The third-order valence-corrected chi connectivity index (χ3v) is 2.94. The fourth-order valence-electron chi connectivity index (χ4n) is 1.74. The average Bonchev–Trinajstić information content (AvgIpc) is 3.24. The number of carbonyl (C=O) groups is 2. The van der Waals surface area contributed by atoms with Gasteiger partial charge in [-0.3, -0.25) is 0 Å². The van der Waals surface area contributed by atoms with Crippen LogP contribution in [0.3, 0.4) is 0 Å². The summed E-state index contributed by atoms with van der Waals surface area (Å²) in [5, 5.41) is 0. The maximum Gasteiger partial charge on any atom is 0.331 e. The number of hydrogen-bond acceptors (Lipinski definition) is 6. The monoisotopic (exact) mass is 330 g/mol. The van der Waals surface area contributed by atoms with E-state index in [4.69, 9.17) is 18.3 Å². The highest BCUT2D eigenvalue weighted by atomic mass is 16.6. The lowest BCUT2D eigenvalue weighted by Crippen LogP contribution is -2.16. The Hall–Kier alpha value is -3.02. The van der Waals surface area contributed by atoms with Crippen molar-refractivity contribution in [2.45, 2.75) is 19.4 Å². The molecule has 0 N–H and O–H groups in total. The summed E-state index contributed by atoms with van der Waals surface area (Å²) in [6.07, 6.45) is 8.67. The van der Waals surface area contributed by atoms with E-state index in [0.717, 1.165) is 0 Å². The van der Waals surface area contributed by atoms with Crippen LogP contribution in [0.5, 0.6) is 0 Å². The van der Waals surface area contributed by atoms with Crippen LogP contribution in [-0.2, 0) is 19.1 Å². The molecule has 24 heavy (non-hydrogen) atoms. The van der Waals surface area contributed by atoms with E-state index in [1.54, 1.807) is 31.2 Å². The fourth-order valence-corrected chi connectivity index (χ4v) is 1.74. The third kappa shape index (κ3) is 6.39. The van der Waals surface area contributed by atoms with Crippen molar-refractivity contribution in [3.63, 3.8) is 0 Å². The summed E-state index contributed by atoms with van der Waals surface area (Å²) in [5.41, 5.74) is 0. The Morgan fingerprint density at radius 3 is 2.17 bits per heavy atom. The molecule has 0 fully saturated rings. The highest BCUT2D eigenvalue weighted by Crippen LogP contribution is 2.05. The van der Waals surface area contributed by atoms with E-state index >= 15 is 0 Å². The lowest BCUT2D eigenvalue weighted by molar-refractivity contribution is -0.144. The van der Waals surface area contributed by atoms with E-state index in [-0.39, 0.29) is 12.7 Å². The zero-order valence-electron chi connectivity index (χ0n) is 13.2. The van der Waals surface area contributed by atoms with Crippen molar-refractivity contribution < 1.29 is 27.9 Å². The predicted molar refractivity (Wildman–Crippen MR) is 86.6 cm³/mol. The molecular formula is C18H18O6. The van der Waals surface area contributed by atoms with E-state index in [1.165, 1.54) is 36.8 Å². The first-order chi connectivity index (χ1) is 11.6. The summed E-state index contributed by atoms with van der Waals surface area (Å²) >= 11 is 0. The maximum atomic E-state index is 11.6. The van der Waals surface area contributed by atoms with Crippen LogP contribution >= 0.6 is 0 Å². The molecule has 6 nitrogen and oxygen atoms in total. The second-order valence-corrected chi connectivity index (χ2v) is 4.90. The fraction of sp³-hybridized carbons (Fsp3) is 0.222. The molecule has 0 aliphatic carbocycles. The number of furan rings is 2. The molecule has 1 unspecified atom stereocenters. The highest BCUT2D eigenvalue weighted by molar-refractivity contribution is 5.87. The molecule has 0 aliphatic heterocycles.